The van der Waals surface area contributed by atoms with Crippen molar-refractivity contribution in [2.75, 3.05) is 38.6 Å². The first kappa shape index (κ1) is 20.0. The molecule has 4 heterocycles. The van der Waals surface area contributed by atoms with Crippen molar-refractivity contribution >= 4 is 16.9 Å². The summed E-state index contributed by atoms with van der Waals surface area (Å²) in [5.41, 5.74) is 9.44. The number of rotatable bonds is 7. The Balaban J connectivity index is 1.26. The first-order valence-electron chi connectivity index (χ1n) is 11.9. The molecule has 3 fully saturated rings. The summed E-state index contributed by atoms with van der Waals surface area (Å²) in [5, 5.41) is 0.940. The molecule has 2 aromatic heterocycles. The molecule has 0 amide bonds. The molecule has 3 aliphatic rings. The van der Waals surface area contributed by atoms with Crippen LogP contribution in [0.1, 0.15) is 38.1 Å². The fourth-order valence-electron chi connectivity index (χ4n) is 5.33. The summed E-state index contributed by atoms with van der Waals surface area (Å²) in [6.07, 6.45) is 9.95. The summed E-state index contributed by atoms with van der Waals surface area (Å²) in [5.74, 6) is 2.17. The van der Waals surface area contributed by atoms with Gasteiger partial charge in [0, 0.05) is 31.0 Å². The van der Waals surface area contributed by atoms with E-state index in [1.54, 1.807) is 6.33 Å². The molecule has 0 unspecified atom stereocenters. The molecular weight excluding hydrogens is 402 g/mol. The van der Waals surface area contributed by atoms with Crippen LogP contribution in [0.2, 0.25) is 0 Å². The highest BCUT2D eigenvalue weighted by Gasteiger charge is 2.34. The Hall–Kier alpha value is -2.64. The van der Waals surface area contributed by atoms with Crippen LogP contribution >= 0.6 is 0 Å². The summed E-state index contributed by atoms with van der Waals surface area (Å²) in [4.78, 5) is 11.5. The molecule has 168 valence electrons. The van der Waals surface area contributed by atoms with E-state index in [0.717, 1.165) is 53.3 Å². The third-order valence-corrected chi connectivity index (χ3v) is 7.31. The van der Waals surface area contributed by atoms with Gasteiger partial charge in [-0.1, -0.05) is 12.1 Å². The molecule has 7 nitrogen and oxygen atoms in total. The number of ether oxygens (including phenoxy) is 2. The van der Waals surface area contributed by atoms with Crippen LogP contribution < -0.4 is 10.5 Å². The van der Waals surface area contributed by atoms with E-state index in [9.17, 15) is 0 Å². The predicted octanol–water partition coefficient (Wildman–Crippen LogP) is 3.90. The fraction of sp³-hybridized carbons (Fsp3) is 0.520. The number of nitrogens with two attached hydrogens (primary N) is 1. The van der Waals surface area contributed by atoms with Gasteiger partial charge in [0.1, 0.15) is 30.1 Å². The standard InChI is InChI=1S/C25H31N5O2/c26-24-23-22(18-4-1-5-20(12-18)32-15-21-6-2-9-31-21)14-30(25(23)28-16-27-24)19-10-17(11-19)13-29-7-3-8-29/h1,4-5,12,14,16-17,19,21H,2-3,6-11,13,15H2,(H2,26,27,28)/t17?,19?,21-/m1/s1. The van der Waals surface area contributed by atoms with Crippen molar-refractivity contribution in [1.29, 1.82) is 0 Å². The zero-order valence-electron chi connectivity index (χ0n) is 18.4. The number of aromatic nitrogens is 3. The highest BCUT2D eigenvalue weighted by atomic mass is 16.5. The van der Waals surface area contributed by atoms with E-state index in [1.807, 2.05) is 12.1 Å². The molecule has 1 aromatic carbocycles. The van der Waals surface area contributed by atoms with E-state index in [1.165, 1.54) is 38.9 Å². The van der Waals surface area contributed by atoms with Gasteiger partial charge in [-0.2, -0.15) is 0 Å². The van der Waals surface area contributed by atoms with Gasteiger partial charge in [0.05, 0.1) is 11.5 Å². The van der Waals surface area contributed by atoms with E-state index >= 15 is 0 Å². The first-order valence-corrected chi connectivity index (χ1v) is 11.9. The lowest BCUT2D eigenvalue weighted by Crippen LogP contribution is -2.43. The largest absolute Gasteiger partial charge is 0.491 e. The Bertz CT molecular complexity index is 1100. The lowest BCUT2D eigenvalue weighted by molar-refractivity contribution is 0.0680. The Morgan fingerprint density at radius 1 is 1.16 bits per heavy atom. The molecule has 2 N–H and O–H groups in total. The van der Waals surface area contributed by atoms with Gasteiger partial charge in [-0.3, -0.25) is 0 Å². The van der Waals surface area contributed by atoms with Crippen LogP contribution in [0.5, 0.6) is 5.75 Å². The van der Waals surface area contributed by atoms with Crippen LogP contribution in [-0.2, 0) is 4.74 Å². The van der Waals surface area contributed by atoms with Crippen LogP contribution in [0.4, 0.5) is 5.82 Å². The third-order valence-electron chi connectivity index (χ3n) is 7.31. The molecule has 2 saturated heterocycles. The molecule has 32 heavy (non-hydrogen) atoms. The van der Waals surface area contributed by atoms with Gasteiger partial charge in [-0.05, 0) is 68.8 Å². The van der Waals surface area contributed by atoms with Crippen molar-refractivity contribution in [2.45, 2.75) is 44.2 Å². The molecule has 6 rings (SSSR count). The van der Waals surface area contributed by atoms with Gasteiger partial charge in [0.15, 0.2) is 0 Å². The number of fused-ring (bicyclic) bond motifs is 1. The lowest BCUT2D eigenvalue weighted by Gasteiger charge is -2.42. The monoisotopic (exact) mass is 433 g/mol. The third kappa shape index (κ3) is 3.73. The second-order valence-electron chi connectivity index (χ2n) is 9.53. The highest BCUT2D eigenvalue weighted by molar-refractivity contribution is 6.00. The molecule has 0 spiro atoms. The van der Waals surface area contributed by atoms with Gasteiger partial charge in [-0.25, -0.2) is 9.97 Å². The predicted molar refractivity (Wildman–Crippen MR) is 125 cm³/mol. The van der Waals surface area contributed by atoms with Crippen LogP contribution in [0.25, 0.3) is 22.2 Å². The van der Waals surface area contributed by atoms with Gasteiger partial charge in [-0.15, -0.1) is 0 Å². The SMILES string of the molecule is Nc1ncnc2c1c(-c1cccc(OC[C@H]3CCCO3)c1)cn2C1CC(CN2CCC2)C1. The molecule has 2 aliphatic heterocycles. The number of likely N-dealkylation sites (tertiary alicyclic amines) is 1. The molecule has 3 aromatic rings. The Labute approximate surface area is 188 Å². The fourth-order valence-corrected chi connectivity index (χ4v) is 5.33. The van der Waals surface area contributed by atoms with E-state index in [4.69, 9.17) is 15.2 Å². The van der Waals surface area contributed by atoms with Gasteiger partial charge in [0.25, 0.3) is 0 Å². The summed E-state index contributed by atoms with van der Waals surface area (Å²) in [6.45, 7) is 5.22. The summed E-state index contributed by atoms with van der Waals surface area (Å²) in [6, 6.07) is 8.72. The highest BCUT2D eigenvalue weighted by Crippen LogP contribution is 2.43. The smallest absolute Gasteiger partial charge is 0.146 e. The van der Waals surface area contributed by atoms with Crippen molar-refractivity contribution < 1.29 is 9.47 Å². The molecule has 1 saturated carbocycles. The Kier molecular flexibility index (Phi) is 5.23. The molecule has 0 bridgehead atoms. The Morgan fingerprint density at radius 3 is 2.84 bits per heavy atom. The number of benzene rings is 1. The van der Waals surface area contributed by atoms with Crippen molar-refractivity contribution in [3.8, 4) is 16.9 Å². The van der Waals surface area contributed by atoms with Gasteiger partial charge >= 0.3 is 0 Å². The van der Waals surface area contributed by atoms with E-state index < -0.39 is 0 Å². The maximum absolute atomic E-state index is 6.35. The van der Waals surface area contributed by atoms with Crippen molar-refractivity contribution in [3.05, 3.63) is 36.8 Å². The first-order chi connectivity index (χ1) is 15.7. The number of nitrogens with zero attached hydrogens (tertiary/aromatic N) is 4. The summed E-state index contributed by atoms with van der Waals surface area (Å²) in [7, 11) is 0. The quantitative estimate of drug-likeness (QED) is 0.609. The average Bonchev–Trinajstić information content (AvgIpc) is 3.39. The van der Waals surface area contributed by atoms with E-state index in [2.05, 4.69) is 37.8 Å². The minimum Gasteiger partial charge on any atom is -0.491 e. The molecule has 0 radical (unpaired) electrons. The molecular formula is C25H31N5O2. The number of hydrogen-bond acceptors (Lipinski definition) is 6. The summed E-state index contributed by atoms with van der Waals surface area (Å²) >= 11 is 0. The average molecular weight is 434 g/mol. The van der Waals surface area contributed by atoms with Crippen LogP contribution in [0.3, 0.4) is 0 Å². The molecule has 7 heteroatoms. The van der Waals surface area contributed by atoms with Crippen LogP contribution in [0.15, 0.2) is 36.8 Å². The van der Waals surface area contributed by atoms with Crippen molar-refractivity contribution in [3.63, 3.8) is 0 Å². The number of anilines is 1. The van der Waals surface area contributed by atoms with E-state index in [0.29, 0.717) is 18.5 Å². The summed E-state index contributed by atoms with van der Waals surface area (Å²) < 4.78 is 14.1. The molecule has 1 aliphatic carbocycles. The maximum Gasteiger partial charge on any atom is 0.146 e. The van der Waals surface area contributed by atoms with Crippen molar-refractivity contribution in [2.24, 2.45) is 5.92 Å². The number of nitrogen functional groups attached to an aromatic ring is 1. The minimum atomic E-state index is 0.201. The topological polar surface area (TPSA) is 78.4 Å². The van der Waals surface area contributed by atoms with Crippen molar-refractivity contribution in [1.82, 2.24) is 19.4 Å². The second kappa shape index (κ2) is 8.37. The van der Waals surface area contributed by atoms with Gasteiger partial charge in [0.2, 0.25) is 0 Å². The molecule has 1 atom stereocenters. The van der Waals surface area contributed by atoms with Crippen LogP contribution in [0, 0.1) is 5.92 Å². The zero-order chi connectivity index (χ0) is 21.5. The normalized spacial score (nSPS) is 25.6. The Morgan fingerprint density at radius 2 is 2.06 bits per heavy atom. The maximum atomic E-state index is 6.35. The van der Waals surface area contributed by atoms with Crippen LogP contribution in [-0.4, -0.2) is 58.4 Å². The second-order valence-corrected chi connectivity index (χ2v) is 9.53. The number of hydrogen-bond donors (Lipinski definition) is 1. The van der Waals surface area contributed by atoms with E-state index in [-0.39, 0.29) is 6.10 Å². The lowest BCUT2D eigenvalue weighted by atomic mass is 9.79. The zero-order valence-corrected chi connectivity index (χ0v) is 18.4. The van der Waals surface area contributed by atoms with Gasteiger partial charge < -0.3 is 24.7 Å². The minimum absolute atomic E-state index is 0.201.